The van der Waals surface area contributed by atoms with Gasteiger partial charge in [0, 0.05) is 6.04 Å². The van der Waals surface area contributed by atoms with E-state index in [0.29, 0.717) is 6.61 Å². The lowest BCUT2D eigenvalue weighted by molar-refractivity contribution is 0.231. The van der Waals surface area contributed by atoms with Gasteiger partial charge >= 0.3 is 0 Å². The number of nitrogens with one attached hydrogen (secondary N) is 1. The molecule has 0 amide bonds. The Hall–Kier alpha value is -1.12. The number of hydrogen-bond donors (Lipinski definition) is 1. The first-order valence-electron chi connectivity index (χ1n) is 5.96. The van der Waals surface area contributed by atoms with Crippen molar-refractivity contribution in [3.63, 3.8) is 0 Å². The van der Waals surface area contributed by atoms with E-state index in [1.54, 1.807) is 6.07 Å². The molecule has 0 radical (unpaired) electrons. The fourth-order valence-electron chi connectivity index (χ4n) is 1.99. The average molecular weight is 313 g/mol. The van der Waals surface area contributed by atoms with Crippen molar-refractivity contribution in [2.24, 2.45) is 0 Å². The van der Waals surface area contributed by atoms with E-state index in [1.165, 1.54) is 18.9 Å². The normalized spacial score (nSPS) is 19.3. The Kier molecular flexibility index (Phi) is 4.56. The lowest BCUT2D eigenvalue weighted by atomic mass is 10.1. The summed E-state index contributed by atoms with van der Waals surface area (Å²) in [5.74, 6) is -0.321. The molecule has 1 saturated heterocycles. The van der Waals surface area contributed by atoms with Crippen LogP contribution < -0.4 is 10.1 Å². The molecule has 0 aliphatic carbocycles. The molecule has 0 spiro atoms. The summed E-state index contributed by atoms with van der Waals surface area (Å²) in [6.45, 7) is 1.45. The molecule has 0 aromatic heterocycles. The summed E-state index contributed by atoms with van der Waals surface area (Å²) < 4.78 is 19.5. The molecule has 18 heavy (non-hydrogen) atoms. The lowest BCUT2D eigenvalue weighted by Gasteiger charge is -2.23. The Morgan fingerprint density at radius 3 is 3.00 bits per heavy atom. The van der Waals surface area contributed by atoms with Gasteiger partial charge in [-0.15, -0.1) is 0 Å². The highest BCUT2D eigenvalue weighted by molar-refractivity contribution is 9.10. The zero-order valence-corrected chi connectivity index (χ0v) is 11.5. The van der Waals surface area contributed by atoms with Crippen LogP contribution in [-0.2, 0) is 0 Å². The molecule has 0 saturated carbocycles. The molecule has 1 atom stereocenters. The fraction of sp³-hybridized carbons (Fsp3) is 0.462. The summed E-state index contributed by atoms with van der Waals surface area (Å²) >= 11 is 3.06. The van der Waals surface area contributed by atoms with Crippen molar-refractivity contribution in [2.45, 2.75) is 25.3 Å². The number of nitriles is 1. The van der Waals surface area contributed by atoms with Gasteiger partial charge in [0.15, 0.2) is 11.6 Å². The van der Waals surface area contributed by atoms with E-state index in [2.05, 4.69) is 21.2 Å². The monoisotopic (exact) mass is 312 g/mol. The highest BCUT2D eigenvalue weighted by Gasteiger charge is 2.16. The van der Waals surface area contributed by atoms with E-state index >= 15 is 0 Å². The number of halogens is 2. The molecule has 1 fully saturated rings. The second kappa shape index (κ2) is 6.17. The van der Waals surface area contributed by atoms with E-state index in [9.17, 15) is 4.39 Å². The summed E-state index contributed by atoms with van der Waals surface area (Å²) in [4.78, 5) is 0. The minimum Gasteiger partial charge on any atom is -0.489 e. The molecule has 1 unspecified atom stereocenters. The van der Waals surface area contributed by atoms with Crippen LogP contribution in [0.4, 0.5) is 4.39 Å². The Balaban J connectivity index is 2.01. The molecular weight excluding hydrogens is 299 g/mol. The standard InChI is InChI=1S/C13H14BrFN2O/c14-12-9(7-16)4-5-11(13(12)15)18-8-10-3-1-2-6-17-10/h4-5,10,17H,1-3,6,8H2. The smallest absolute Gasteiger partial charge is 0.180 e. The zero-order valence-electron chi connectivity index (χ0n) is 9.88. The van der Waals surface area contributed by atoms with E-state index < -0.39 is 5.82 Å². The first kappa shape index (κ1) is 13.3. The second-order valence-electron chi connectivity index (χ2n) is 4.31. The maximum absolute atomic E-state index is 13.9. The number of ether oxygens (including phenoxy) is 1. The molecule has 5 heteroatoms. The maximum atomic E-state index is 13.9. The van der Waals surface area contributed by atoms with E-state index in [0.717, 1.165) is 13.0 Å². The predicted molar refractivity (Wildman–Crippen MR) is 70.0 cm³/mol. The van der Waals surface area contributed by atoms with Gasteiger partial charge < -0.3 is 10.1 Å². The van der Waals surface area contributed by atoms with Gasteiger partial charge in [0.25, 0.3) is 0 Å². The van der Waals surface area contributed by atoms with Crippen molar-refractivity contribution in [1.29, 1.82) is 5.26 Å². The van der Waals surface area contributed by atoms with Crippen LogP contribution in [0.2, 0.25) is 0 Å². The second-order valence-corrected chi connectivity index (χ2v) is 5.10. The van der Waals surface area contributed by atoms with Crippen LogP contribution in [0, 0.1) is 17.1 Å². The molecule has 1 aliphatic rings. The van der Waals surface area contributed by atoms with Crippen molar-refractivity contribution < 1.29 is 9.13 Å². The molecular formula is C13H14BrFN2O. The topological polar surface area (TPSA) is 45.0 Å². The minimum absolute atomic E-state index is 0.166. The van der Waals surface area contributed by atoms with Crippen LogP contribution in [0.5, 0.6) is 5.75 Å². The van der Waals surface area contributed by atoms with Gasteiger partial charge in [0.1, 0.15) is 12.7 Å². The third kappa shape index (κ3) is 3.01. The third-order valence-electron chi connectivity index (χ3n) is 3.02. The Morgan fingerprint density at radius 2 is 2.33 bits per heavy atom. The van der Waals surface area contributed by atoms with Crippen LogP contribution in [-0.4, -0.2) is 19.2 Å². The molecule has 1 aromatic rings. The number of hydrogen-bond acceptors (Lipinski definition) is 3. The summed E-state index contributed by atoms with van der Waals surface area (Å²) in [6, 6.07) is 5.25. The van der Waals surface area contributed by atoms with Crippen molar-refractivity contribution in [3.8, 4) is 11.8 Å². The van der Waals surface area contributed by atoms with Crippen molar-refractivity contribution in [1.82, 2.24) is 5.32 Å². The van der Waals surface area contributed by atoms with Gasteiger partial charge in [-0.3, -0.25) is 0 Å². The first-order chi connectivity index (χ1) is 8.72. The highest BCUT2D eigenvalue weighted by atomic mass is 79.9. The van der Waals surface area contributed by atoms with E-state index in [-0.39, 0.29) is 21.8 Å². The summed E-state index contributed by atoms with van der Waals surface area (Å²) in [7, 11) is 0. The molecule has 1 heterocycles. The number of piperidine rings is 1. The van der Waals surface area contributed by atoms with Crippen LogP contribution in [0.3, 0.4) is 0 Å². The molecule has 0 bridgehead atoms. The maximum Gasteiger partial charge on any atom is 0.180 e. The average Bonchev–Trinajstić information content (AvgIpc) is 2.42. The third-order valence-corrected chi connectivity index (χ3v) is 3.80. The summed E-state index contributed by atoms with van der Waals surface area (Å²) in [5, 5.41) is 12.1. The molecule has 96 valence electrons. The molecule has 1 aliphatic heterocycles. The van der Waals surface area contributed by atoms with Crippen LogP contribution in [0.15, 0.2) is 16.6 Å². The van der Waals surface area contributed by atoms with Gasteiger partial charge in [0.2, 0.25) is 0 Å². The summed E-state index contributed by atoms with van der Waals surface area (Å²) in [5.41, 5.74) is 0.274. The van der Waals surface area contributed by atoms with Crippen LogP contribution in [0.25, 0.3) is 0 Å². The van der Waals surface area contributed by atoms with Gasteiger partial charge in [-0.05, 0) is 47.4 Å². The lowest BCUT2D eigenvalue weighted by Crippen LogP contribution is -2.38. The molecule has 1 aromatic carbocycles. The van der Waals surface area contributed by atoms with Crippen LogP contribution >= 0.6 is 15.9 Å². The number of rotatable bonds is 3. The Bertz CT molecular complexity index is 467. The number of benzene rings is 1. The SMILES string of the molecule is N#Cc1ccc(OCC2CCCCN2)c(F)c1Br. The Labute approximate surface area is 114 Å². The molecule has 1 N–H and O–H groups in total. The predicted octanol–water partition coefficient (Wildman–Crippen LogP) is 2.98. The molecule has 2 rings (SSSR count). The zero-order chi connectivity index (χ0) is 13.0. The largest absolute Gasteiger partial charge is 0.489 e. The van der Waals surface area contributed by atoms with Crippen molar-refractivity contribution in [2.75, 3.05) is 13.2 Å². The quantitative estimate of drug-likeness (QED) is 0.933. The van der Waals surface area contributed by atoms with Gasteiger partial charge in [-0.25, -0.2) is 4.39 Å². The minimum atomic E-state index is -0.509. The molecule has 3 nitrogen and oxygen atoms in total. The van der Waals surface area contributed by atoms with E-state index in [4.69, 9.17) is 10.00 Å². The first-order valence-corrected chi connectivity index (χ1v) is 6.76. The van der Waals surface area contributed by atoms with Crippen molar-refractivity contribution >= 4 is 15.9 Å². The number of nitrogens with zero attached hydrogens (tertiary/aromatic N) is 1. The van der Waals surface area contributed by atoms with Gasteiger partial charge in [-0.2, -0.15) is 5.26 Å². The summed E-state index contributed by atoms with van der Waals surface area (Å²) in [6.07, 6.45) is 3.42. The van der Waals surface area contributed by atoms with Gasteiger partial charge in [0.05, 0.1) is 10.0 Å². The Morgan fingerprint density at radius 1 is 1.50 bits per heavy atom. The highest BCUT2D eigenvalue weighted by Crippen LogP contribution is 2.28. The van der Waals surface area contributed by atoms with Gasteiger partial charge in [-0.1, -0.05) is 6.42 Å². The van der Waals surface area contributed by atoms with E-state index in [1.807, 2.05) is 6.07 Å². The van der Waals surface area contributed by atoms with Crippen LogP contribution in [0.1, 0.15) is 24.8 Å². The van der Waals surface area contributed by atoms with Crippen molar-refractivity contribution in [3.05, 3.63) is 28.0 Å². The fourth-order valence-corrected chi connectivity index (χ4v) is 2.40.